The second-order valence-corrected chi connectivity index (χ2v) is 8.19. The first-order valence-corrected chi connectivity index (χ1v) is 10.3. The molecule has 0 radical (unpaired) electrons. The van der Waals surface area contributed by atoms with Gasteiger partial charge in [-0.1, -0.05) is 6.07 Å². The zero-order valence-corrected chi connectivity index (χ0v) is 16.2. The van der Waals surface area contributed by atoms with E-state index >= 15 is 0 Å². The van der Waals surface area contributed by atoms with Crippen LogP contribution in [0.5, 0.6) is 0 Å². The first kappa shape index (κ1) is 19.5. The number of aromatic nitrogens is 3. The van der Waals surface area contributed by atoms with E-state index in [0.29, 0.717) is 25.5 Å². The van der Waals surface area contributed by atoms with Gasteiger partial charge >= 0.3 is 0 Å². The first-order chi connectivity index (χ1) is 12.9. The van der Waals surface area contributed by atoms with Gasteiger partial charge in [0.25, 0.3) is 10.0 Å². The Morgan fingerprint density at radius 2 is 2.26 bits per heavy atom. The number of imidazole rings is 1. The highest BCUT2D eigenvalue weighted by Gasteiger charge is 2.28. The first-order valence-electron chi connectivity index (χ1n) is 8.78. The van der Waals surface area contributed by atoms with Gasteiger partial charge in [0.05, 0.1) is 6.04 Å². The third kappa shape index (κ3) is 4.52. The van der Waals surface area contributed by atoms with Crippen LogP contribution in [-0.4, -0.2) is 59.9 Å². The Morgan fingerprint density at radius 3 is 2.93 bits per heavy atom. The molecule has 10 heteroatoms. The Balaban J connectivity index is 1.61. The van der Waals surface area contributed by atoms with Gasteiger partial charge in [-0.05, 0) is 18.6 Å². The van der Waals surface area contributed by atoms with E-state index in [1.54, 1.807) is 35.8 Å². The molecule has 0 aliphatic carbocycles. The van der Waals surface area contributed by atoms with Crippen molar-refractivity contribution in [3.05, 3.63) is 42.1 Å². The highest BCUT2D eigenvalue weighted by atomic mass is 32.2. The maximum Gasteiger partial charge on any atom is 0.259 e. The molecular formula is C17H24N6O3S. The molecule has 1 aliphatic heterocycles. The second kappa shape index (κ2) is 8.15. The smallest absolute Gasteiger partial charge is 0.259 e. The Kier molecular flexibility index (Phi) is 5.88. The highest BCUT2D eigenvalue weighted by molar-refractivity contribution is 7.89. The van der Waals surface area contributed by atoms with E-state index in [0.717, 1.165) is 5.56 Å². The van der Waals surface area contributed by atoms with Crippen LogP contribution >= 0.6 is 0 Å². The van der Waals surface area contributed by atoms with Gasteiger partial charge in [0, 0.05) is 58.2 Å². The lowest BCUT2D eigenvalue weighted by molar-refractivity contribution is -0.134. The topological polar surface area (TPSA) is 109 Å². The quantitative estimate of drug-likeness (QED) is 0.714. The second-order valence-electron chi connectivity index (χ2n) is 6.48. The maximum absolute atomic E-state index is 12.7. The lowest BCUT2D eigenvalue weighted by atomic mass is 10.0. The molecule has 3 rings (SSSR count). The number of nitrogens with zero attached hydrogens (tertiary/aromatic N) is 4. The number of hydrogen-bond acceptors (Lipinski definition) is 6. The summed E-state index contributed by atoms with van der Waals surface area (Å²) in [6.45, 7) is 3.69. The summed E-state index contributed by atoms with van der Waals surface area (Å²) in [5.41, 5.74) is 0.961. The SMILES string of the molecule is Cc1nc(S(=O)(=O)NCCC(=O)N2CCNCC2c2cccnc2)cn1C. The molecular weight excluding hydrogens is 368 g/mol. The highest BCUT2D eigenvalue weighted by Crippen LogP contribution is 2.22. The molecule has 1 atom stereocenters. The summed E-state index contributed by atoms with van der Waals surface area (Å²) in [5.74, 6) is 0.511. The molecule has 3 heterocycles. The lowest BCUT2D eigenvalue weighted by Crippen LogP contribution is -2.49. The molecule has 27 heavy (non-hydrogen) atoms. The van der Waals surface area contributed by atoms with Crippen LogP contribution in [0.2, 0.25) is 0 Å². The number of carbonyl (C=O) groups is 1. The summed E-state index contributed by atoms with van der Waals surface area (Å²) in [5, 5.41) is 3.25. The Hall–Kier alpha value is -2.30. The fraction of sp³-hybridized carbons (Fsp3) is 0.471. The van der Waals surface area contributed by atoms with Crippen LogP contribution in [0.3, 0.4) is 0 Å². The predicted octanol–water partition coefficient (Wildman–Crippen LogP) is -0.0350. The fourth-order valence-corrected chi connectivity index (χ4v) is 4.11. The standard InChI is InChI=1S/C17H24N6O3S/c1-13-21-16(12-22(13)2)27(25,26)20-7-5-17(24)23-9-8-19-11-15(23)14-4-3-6-18-10-14/h3-4,6,10,12,15,19-20H,5,7-9,11H2,1-2H3. The van der Waals surface area contributed by atoms with Crippen molar-refractivity contribution in [3.8, 4) is 0 Å². The molecule has 146 valence electrons. The lowest BCUT2D eigenvalue weighted by Gasteiger charge is -2.36. The van der Waals surface area contributed by atoms with Crippen molar-refractivity contribution in [1.82, 2.24) is 29.5 Å². The van der Waals surface area contributed by atoms with Crippen molar-refractivity contribution in [2.24, 2.45) is 7.05 Å². The number of carbonyl (C=O) groups excluding carboxylic acids is 1. The molecule has 1 unspecified atom stereocenters. The average Bonchev–Trinajstić information content (AvgIpc) is 3.02. The Bertz CT molecular complexity index is 877. The van der Waals surface area contributed by atoms with Crippen LogP contribution < -0.4 is 10.0 Å². The van der Waals surface area contributed by atoms with Gasteiger partial charge in [0.15, 0.2) is 5.03 Å². The van der Waals surface area contributed by atoms with Crippen LogP contribution in [-0.2, 0) is 21.9 Å². The van der Waals surface area contributed by atoms with Crippen molar-refractivity contribution in [2.45, 2.75) is 24.4 Å². The third-order valence-corrected chi connectivity index (χ3v) is 5.96. The van der Waals surface area contributed by atoms with E-state index in [1.807, 2.05) is 12.1 Å². The zero-order valence-electron chi connectivity index (χ0n) is 15.4. The molecule has 0 saturated carbocycles. The van der Waals surface area contributed by atoms with E-state index in [2.05, 4.69) is 20.0 Å². The number of sulfonamides is 1. The largest absolute Gasteiger partial charge is 0.337 e. The number of rotatable bonds is 6. The minimum absolute atomic E-state index is 0.0283. The van der Waals surface area contributed by atoms with E-state index in [4.69, 9.17) is 0 Å². The summed E-state index contributed by atoms with van der Waals surface area (Å²) < 4.78 is 28.7. The van der Waals surface area contributed by atoms with Gasteiger partial charge in [-0.25, -0.2) is 18.1 Å². The normalized spacial score (nSPS) is 17.9. The molecule has 0 spiro atoms. The number of amides is 1. The monoisotopic (exact) mass is 392 g/mol. The molecule has 2 N–H and O–H groups in total. The van der Waals surface area contributed by atoms with Crippen molar-refractivity contribution in [2.75, 3.05) is 26.2 Å². The van der Waals surface area contributed by atoms with Crippen LogP contribution in [0.25, 0.3) is 0 Å². The van der Waals surface area contributed by atoms with Crippen molar-refractivity contribution in [1.29, 1.82) is 0 Å². The number of nitrogens with one attached hydrogen (secondary N) is 2. The predicted molar refractivity (Wildman–Crippen MR) is 99.3 cm³/mol. The number of aryl methyl sites for hydroxylation is 2. The third-order valence-electron chi connectivity index (χ3n) is 4.63. The van der Waals surface area contributed by atoms with E-state index in [1.165, 1.54) is 6.20 Å². The average molecular weight is 392 g/mol. The molecule has 2 aromatic rings. The van der Waals surface area contributed by atoms with Crippen LogP contribution in [0.1, 0.15) is 23.9 Å². The number of piperazine rings is 1. The minimum Gasteiger partial charge on any atom is -0.337 e. The molecule has 0 aromatic carbocycles. The van der Waals surface area contributed by atoms with Gasteiger partial charge in [-0.15, -0.1) is 0 Å². The summed E-state index contributed by atoms with van der Waals surface area (Å²) >= 11 is 0. The van der Waals surface area contributed by atoms with Gasteiger partial charge in [-0.2, -0.15) is 0 Å². The Morgan fingerprint density at radius 1 is 1.44 bits per heavy atom. The van der Waals surface area contributed by atoms with Gasteiger partial charge in [0.2, 0.25) is 5.91 Å². The van der Waals surface area contributed by atoms with Crippen molar-refractivity contribution in [3.63, 3.8) is 0 Å². The van der Waals surface area contributed by atoms with E-state index in [9.17, 15) is 13.2 Å². The summed E-state index contributed by atoms with van der Waals surface area (Å²) in [4.78, 5) is 22.6. The van der Waals surface area contributed by atoms with Crippen LogP contribution in [0, 0.1) is 6.92 Å². The molecule has 9 nitrogen and oxygen atoms in total. The molecule has 1 amide bonds. The zero-order chi connectivity index (χ0) is 19.4. The van der Waals surface area contributed by atoms with E-state index < -0.39 is 10.0 Å². The fourth-order valence-electron chi connectivity index (χ4n) is 3.04. The molecule has 1 saturated heterocycles. The van der Waals surface area contributed by atoms with Gasteiger partial charge in [0.1, 0.15) is 5.82 Å². The number of hydrogen-bond donors (Lipinski definition) is 2. The maximum atomic E-state index is 12.7. The molecule has 0 bridgehead atoms. The van der Waals surface area contributed by atoms with Crippen LogP contribution in [0.4, 0.5) is 0 Å². The molecule has 1 aliphatic rings. The van der Waals surface area contributed by atoms with Crippen molar-refractivity contribution < 1.29 is 13.2 Å². The summed E-state index contributed by atoms with van der Waals surface area (Å²) in [6.07, 6.45) is 4.99. The van der Waals surface area contributed by atoms with Gasteiger partial charge in [-0.3, -0.25) is 9.78 Å². The van der Waals surface area contributed by atoms with E-state index in [-0.39, 0.29) is 29.9 Å². The summed E-state index contributed by atoms with van der Waals surface area (Å²) in [6, 6.07) is 3.68. The summed E-state index contributed by atoms with van der Waals surface area (Å²) in [7, 11) is -2.00. The van der Waals surface area contributed by atoms with Crippen molar-refractivity contribution >= 4 is 15.9 Å². The molecule has 2 aromatic heterocycles. The Labute approximate surface area is 158 Å². The molecule has 1 fully saturated rings. The van der Waals surface area contributed by atoms with Gasteiger partial charge < -0.3 is 14.8 Å². The van der Waals surface area contributed by atoms with Crippen LogP contribution in [0.15, 0.2) is 35.7 Å². The minimum atomic E-state index is -3.73. The number of pyridine rings is 1.